The van der Waals surface area contributed by atoms with Crippen LogP contribution < -0.4 is 10.5 Å². The zero-order valence-corrected chi connectivity index (χ0v) is 13.8. The van der Waals surface area contributed by atoms with Crippen LogP contribution in [0.25, 0.3) is 0 Å². The van der Waals surface area contributed by atoms with Crippen molar-refractivity contribution >= 4 is 43.4 Å². The molecule has 2 atom stereocenters. The molecule has 0 heterocycles. The molecule has 7 heteroatoms. The number of hydrogen-bond acceptors (Lipinski definition) is 4. The van der Waals surface area contributed by atoms with Crippen LogP contribution >= 0.6 is 27.7 Å². The van der Waals surface area contributed by atoms with Crippen LogP contribution in [0.1, 0.15) is 19.3 Å². The van der Waals surface area contributed by atoms with Crippen molar-refractivity contribution in [1.29, 1.82) is 0 Å². The Morgan fingerprint density at radius 3 is 2.74 bits per heavy atom. The van der Waals surface area contributed by atoms with Crippen molar-refractivity contribution < 1.29 is 8.42 Å². The van der Waals surface area contributed by atoms with Crippen LogP contribution in [0.4, 0.5) is 5.69 Å². The maximum absolute atomic E-state index is 12.3. The highest BCUT2D eigenvalue weighted by Gasteiger charge is 2.28. The summed E-state index contributed by atoms with van der Waals surface area (Å²) in [7, 11) is -3.46. The van der Waals surface area contributed by atoms with Crippen molar-refractivity contribution in [3.63, 3.8) is 0 Å². The van der Waals surface area contributed by atoms with Gasteiger partial charge in [0.05, 0.1) is 4.90 Å². The van der Waals surface area contributed by atoms with Crippen molar-refractivity contribution in [3.05, 3.63) is 22.7 Å². The Bertz CT molecular complexity index is 563. The van der Waals surface area contributed by atoms with E-state index in [4.69, 9.17) is 5.73 Å². The minimum Gasteiger partial charge on any atom is -0.398 e. The topological polar surface area (TPSA) is 72.2 Å². The monoisotopic (exact) mass is 364 g/mol. The van der Waals surface area contributed by atoms with E-state index in [9.17, 15) is 8.42 Å². The lowest BCUT2D eigenvalue weighted by molar-refractivity contribution is 0.552. The molecule has 3 N–H and O–H groups in total. The number of nitrogens with two attached hydrogens (primary N) is 1. The molecule has 0 radical (unpaired) electrons. The SMILES string of the molecule is CSC1CCC(NS(=O)(=O)c2ccc(N)c(Br)c2)C1. The van der Waals surface area contributed by atoms with E-state index in [1.165, 1.54) is 6.07 Å². The molecule has 19 heavy (non-hydrogen) atoms. The van der Waals surface area contributed by atoms with E-state index in [0.29, 0.717) is 15.4 Å². The fourth-order valence-corrected chi connectivity index (χ4v) is 4.86. The number of halogens is 1. The number of benzene rings is 1. The van der Waals surface area contributed by atoms with Crippen molar-refractivity contribution in [3.8, 4) is 0 Å². The zero-order chi connectivity index (χ0) is 14.0. The lowest BCUT2D eigenvalue weighted by atomic mass is 10.3. The van der Waals surface area contributed by atoms with E-state index in [1.54, 1.807) is 23.9 Å². The third-order valence-corrected chi connectivity index (χ3v) is 6.62. The summed E-state index contributed by atoms with van der Waals surface area (Å²) in [6.07, 6.45) is 4.94. The highest BCUT2D eigenvalue weighted by molar-refractivity contribution is 9.10. The Morgan fingerprint density at radius 1 is 1.42 bits per heavy atom. The van der Waals surface area contributed by atoms with Crippen molar-refractivity contribution in [1.82, 2.24) is 4.72 Å². The summed E-state index contributed by atoms with van der Waals surface area (Å²) in [6.45, 7) is 0. The Morgan fingerprint density at radius 2 is 2.16 bits per heavy atom. The Labute approximate surface area is 126 Å². The largest absolute Gasteiger partial charge is 0.398 e. The van der Waals surface area contributed by atoms with Crippen LogP contribution in [0, 0.1) is 0 Å². The van der Waals surface area contributed by atoms with Gasteiger partial charge in [-0.1, -0.05) is 0 Å². The molecular weight excluding hydrogens is 348 g/mol. The summed E-state index contributed by atoms with van der Waals surface area (Å²) in [4.78, 5) is 0.251. The van der Waals surface area contributed by atoms with Gasteiger partial charge in [-0.15, -0.1) is 0 Å². The predicted molar refractivity (Wildman–Crippen MR) is 83.8 cm³/mol. The molecule has 1 saturated carbocycles. The fourth-order valence-electron chi connectivity index (χ4n) is 2.22. The van der Waals surface area contributed by atoms with Gasteiger partial charge in [0.2, 0.25) is 10.0 Å². The van der Waals surface area contributed by atoms with Crippen LogP contribution in [0.5, 0.6) is 0 Å². The van der Waals surface area contributed by atoms with E-state index < -0.39 is 10.0 Å². The number of sulfonamides is 1. The highest BCUT2D eigenvalue weighted by atomic mass is 79.9. The summed E-state index contributed by atoms with van der Waals surface area (Å²) in [5, 5.41) is 0.561. The first-order chi connectivity index (χ1) is 8.92. The van der Waals surface area contributed by atoms with Crippen LogP contribution in [-0.2, 0) is 10.0 Å². The number of hydrogen-bond donors (Lipinski definition) is 2. The first-order valence-corrected chi connectivity index (χ1v) is 9.59. The van der Waals surface area contributed by atoms with Crippen LogP contribution in [0.15, 0.2) is 27.6 Å². The van der Waals surface area contributed by atoms with E-state index in [0.717, 1.165) is 19.3 Å². The van der Waals surface area contributed by atoms with Gasteiger partial charge in [0.1, 0.15) is 0 Å². The average Bonchev–Trinajstić information content (AvgIpc) is 2.79. The lowest BCUT2D eigenvalue weighted by Gasteiger charge is -2.13. The van der Waals surface area contributed by atoms with Crippen LogP contribution in [0.3, 0.4) is 0 Å². The van der Waals surface area contributed by atoms with Crippen molar-refractivity contribution in [2.24, 2.45) is 0 Å². The molecule has 2 rings (SSSR count). The molecule has 4 nitrogen and oxygen atoms in total. The maximum Gasteiger partial charge on any atom is 0.240 e. The average molecular weight is 365 g/mol. The van der Waals surface area contributed by atoms with Gasteiger partial charge < -0.3 is 5.73 Å². The number of rotatable bonds is 4. The minimum atomic E-state index is -3.46. The summed E-state index contributed by atoms with van der Waals surface area (Å²) in [6, 6.07) is 4.71. The molecule has 1 aromatic carbocycles. The molecule has 1 fully saturated rings. The quantitative estimate of drug-likeness (QED) is 0.805. The Kier molecular flexibility index (Phi) is 4.81. The minimum absolute atomic E-state index is 0.0405. The second-order valence-electron chi connectivity index (χ2n) is 4.67. The van der Waals surface area contributed by atoms with Gasteiger partial charge in [0.15, 0.2) is 0 Å². The van der Waals surface area contributed by atoms with Crippen LogP contribution in [-0.4, -0.2) is 26.0 Å². The van der Waals surface area contributed by atoms with Gasteiger partial charge in [-0.3, -0.25) is 0 Å². The van der Waals surface area contributed by atoms with Gasteiger partial charge in [-0.05, 0) is 59.6 Å². The van der Waals surface area contributed by atoms with Gasteiger partial charge in [0, 0.05) is 21.5 Å². The molecular formula is C12H17BrN2O2S2. The van der Waals surface area contributed by atoms with E-state index in [-0.39, 0.29) is 10.9 Å². The summed E-state index contributed by atoms with van der Waals surface area (Å²) in [5.41, 5.74) is 6.20. The third kappa shape index (κ3) is 3.65. The molecule has 0 aromatic heterocycles. The Balaban J connectivity index is 2.12. The number of nitrogens with one attached hydrogen (secondary N) is 1. The van der Waals surface area contributed by atoms with E-state index >= 15 is 0 Å². The third-order valence-electron chi connectivity index (χ3n) is 3.32. The summed E-state index contributed by atoms with van der Waals surface area (Å²) >= 11 is 5.05. The summed E-state index contributed by atoms with van der Waals surface area (Å²) in [5.74, 6) is 0. The molecule has 0 saturated heterocycles. The van der Waals surface area contributed by atoms with E-state index in [2.05, 4.69) is 26.9 Å². The smallest absolute Gasteiger partial charge is 0.240 e. The molecule has 1 aromatic rings. The van der Waals surface area contributed by atoms with Crippen LogP contribution in [0.2, 0.25) is 0 Å². The standard InChI is InChI=1S/C12H17BrN2O2S2/c1-18-9-3-2-8(6-9)15-19(16,17)10-4-5-12(14)11(13)7-10/h4-5,7-9,15H,2-3,6,14H2,1H3. The lowest BCUT2D eigenvalue weighted by Crippen LogP contribution is -2.33. The number of anilines is 1. The normalized spacial score (nSPS) is 23.7. The van der Waals surface area contributed by atoms with E-state index in [1.807, 2.05) is 0 Å². The number of thioether (sulfide) groups is 1. The molecule has 0 spiro atoms. The van der Waals surface area contributed by atoms with Gasteiger partial charge in [-0.25, -0.2) is 13.1 Å². The molecule has 0 amide bonds. The van der Waals surface area contributed by atoms with Gasteiger partial charge in [-0.2, -0.15) is 11.8 Å². The molecule has 0 aliphatic heterocycles. The second kappa shape index (κ2) is 6.03. The van der Waals surface area contributed by atoms with Crippen molar-refractivity contribution in [2.45, 2.75) is 35.4 Å². The van der Waals surface area contributed by atoms with Crippen molar-refractivity contribution in [2.75, 3.05) is 12.0 Å². The van der Waals surface area contributed by atoms with Gasteiger partial charge >= 0.3 is 0 Å². The maximum atomic E-state index is 12.3. The second-order valence-corrected chi connectivity index (χ2v) is 8.38. The summed E-state index contributed by atoms with van der Waals surface area (Å²) < 4.78 is 27.9. The predicted octanol–water partition coefficient (Wildman–Crippen LogP) is 2.59. The molecule has 1 aliphatic carbocycles. The molecule has 2 unspecified atom stereocenters. The Hall–Kier alpha value is -0.240. The fraction of sp³-hybridized carbons (Fsp3) is 0.500. The first-order valence-electron chi connectivity index (χ1n) is 6.02. The zero-order valence-electron chi connectivity index (χ0n) is 10.6. The molecule has 1 aliphatic rings. The number of nitrogen functional groups attached to an aromatic ring is 1. The first kappa shape index (κ1) is 15.2. The van der Waals surface area contributed by atoms with Gasteiger partial charge in [0.25, 0.3) is 0 Å². The molecule has 0 bridgehead atoms. The highest BCUT2D eigenvalue weighted by Crippen LogP contribution is 2.29. The molecule has 106 valence electrons.